The minimum absolute atomic E-state index is 0.0258. The Kier molecular flexibility index (Phi) is 5.57. The van der Waals surface area contributed by atoms with E-state index in [2.05, 4.69) is 20.0 Å². The van der Waals surface area contributed by atoms with Crippen LogP contribution in [0.4, 0.5) is 5.82 Å². The fraction of sp³-hybridized carbons (Fsp3) is 0.500. The summed E-state index contributed by atoms with van der Waals surface area (Å²) in [6, 6.07) is 1.77. The van der Waals surface area contributed by atoms with Gasteiger partial charge in [0.05, 0.1) is 16.8 Å². The first kappa shape index (κ1) is 18.9. The van der Waals surface area contributed by atoms with E-state index in [-0.39, 0.29) is 5.91 Å². The highest BCUT2D eigenvalue weighted by atomic mass is 32.1. The summed E-state index contributed by atoms with van der Waals surface area (Å²) in [5.74, 6) is 0.945. The lowest BCUT2D eigenvalue weighted by Gasteiger charge is -2.26. The average Bonchev–Trinajstić information content (AvgIpc) is 3.29. The number of hydrogen-bond acceptors (Lipinski definition) is 7. The molecule has 0 bridgehead atoms. The van der Waals surface area contributed by atoms with Crippen LogP contribution in [0.2, 0.25) is 0 Å². The molecule has 0 aliphatic carbocycles. The summed E-state index contributed by atoms with van der Waals surface area (Å²) in [7, 11) is 1.78. The number of amides is 1. The highest BCUT2D eigenvalue weighted by Crippen LogP contribution is 2.36. The Hall–Kier alpha value is -2.48. The Morgan fingerprint density at radius 1 is 1.21 bits per heavy atom. The molecule has 0 N–H and O–H groups in total. The van der Waals surface area contributed by atoms with Gasteiger partial charge < -0.3 is 14.3 Å². The highest BCUT2D eigenvalue weighted by Gasteiger charge is 2.24. The maximum Gasteiger partial charge on any atom is 0.264 e. The molecule has 3 aromatic heterocycles. The molecule has 1 fully saturated rings. The molecule has 0 radical (unpaired) electrons. The van der Waals surface area contributed by atoms with Crippen molar-refractivity contribution in [2.24, 2.45) is 0 Å². The average molecular weight is 400 g/mol. The lowest BCUT2D eigenvalue weighted by molar-refractivity contribution is 0.0786. The van der Waals surface area contributed by atoms with Crippen LogP contribution in [-0.2, 0) is 6.54 Å². The lowest BCUT2D eigenvalue weighted by atomic mass is 10.1. The van der Waals surface area contributed by atoms with Crippen LogP contribution in [0.5, 0.6) is 0 Å². The second-order valence-corrected chi connectivity index (χ2v) is 8.34. The molecule has 0 aromatic carbocycles. The number of thiophene rings is 1. The van der Waals surface area contributed by atoms with E-state index in [0.717, 1.165) is 45.3 Å². The van der Waals surface area contributed by atoms with Crippen molar-refractivity contribution in [2.45, 2.75) is 45.6 Å². The van der Waals surface area contributed by atoms with Gasteiger partial charge in [-0.3, -0.25) is 4.79 Å². The molecule has 0 spiro atoms. The summed E-state index contributed by atoms with van der Waals surface area (Å²) in [6.45, 7) is 4.44. The van der Waals surface area contributed by atoms with E-state index in [0.29, 0.717) is 6.54 Å². The molecule has 7 nitrogen and oxygen atoms in total. The van der Waals surface area contributed by atoms with Gasteiger partial charge in [-0.1, -0.05) is 24.4 Å². The predicted octanol–water partition coefficient (Wildman–Crippen LogP) is 4.03. The zero-order chi connectivity index (χ0) is 19.5. The molecule has 4 rings (SSSR count). The number of hydrogen-bond donors (Lipinski definition) is 0. The first-order valence-electron chi connectivity index (χ1n) is 9.79. The van der Waals surface area contributed by atoms with Crippen molar-refractivity contribution in [3.05, 3.63) is 34.8 Å². The largest absolute Gasteiger partial charge is 0.364 e. The number of fused-ring (bicyclic) bond motifs is 1. The van der Waals surface area contributed by atoms with E-state index in [1.54, 1.807) is 24.3 Å². The third-order valence-corrected chi connectivity index (χ3v) is 6.48. The van der Waals surface area contributed by atoms with Crippen LogP contribution in [0.25, 0.3) is 10.2 Å². The minimum atomic E-state index is -0.0258. The molecule has 1 amide bonds. The van der Waals surface area contributed by atoms with Crippen LogP contribution in [0.1, 0.15) is 53.0 Å². The van der Waals surface area contributed by atoms with Gasteiger partial charge in [-0.05, 0) is 25.3 Å². The summed E-state index contributed by atoms with van der Waals surface area (Å²) in [5.41, 5.74) is 1.70. The Bertz CT molecular complexity index is 945. The highest BCUT2D eigenvalue weighted by molar-refractivity contribution is 7.20. The first-order valence-corrected chi connectivity index (χ1v) is 10.6. The molecule has 0 unspecified atom stereocenters. The molecule has 0 saturated carbocycles. The van der Waals surface area contributed by atoms with Crippen LogP contribution in [0, 0.1) is 6.92 Å². The van der Waals surface area contributed by atoms with Gasteiger partial charge in [-0.2, -0.15) is 0 Å². The summed E-state index contributed by atoms with van der Waals surface area (Å²) in [4.78, 5) is 27.8. The Morgan fingerprint density at radius 2 is 1.96 bits per heavy atom. The smallest absolute Gasteiger partial charge is 0.264 e. The number of aryl methyl sites for hydroxylation is 1. The van der Waals surface area contributed by atoms with Crippen molar-refractivity contribution in [3.63, 3.8) is 0 Å². The molecular formula is C20H25N5O2S. The number of aromatic nitrogens is 3. The minimum Gasteiger partial charge on any atom is -0.364 e. The van der Waals surface area contributed by atoms with E-state index in [1.165, 1.54) is 49.7 Å². The fourth-order valence-corrected chi connectivity index (χ4v) is 4.90. The molecule has 28 heavy (non-hydrogen) atoms. The van der Waals surface area contributed by atoms with Crippen molar-refractivity contribution in [1.29, 1.82) is 0 Å². The molecular weight excluding hydrogens is 374 g/mol. The number of carbonyl (C=O) groups excluding carboxylic acids is 1. The Balaban J connectivity index is 1.65. The third kappa shape index (κ3) is 3.73. The van der Waals surface area contributed by atoms with Gasteiger partial charge in [0.2, 0.25) is 0 Å². The molecule has 148 valence electrons. The maximum absolute atomic E-state index is 13.1. The number of anilines is 1. The zero-order valence-corrected chi connectivity index (χ0v) is 17.2. The predicted molar refractivity (Wildman–Crippen MR) is 110 cm³/mol. The van der Waals surface area contributed by atoms with Gasteiger partial charge in [0.1, 0.15) is 28.9 Å². The van der Waals surface area contributed by atoms with Crippen molar-refractivity contribution in [1.82, 2.24) is 20.0 Å². The third-order valence-electron chi connectivity index (χ3n) is 5.29. The first-order chi connectivity index (χ1) is 13.6. The SMILES string of the molecule is Cc1c(C(=O)N(C)Cc2ccon2)sc2ncnc(N3CCCCCCC3)c12. The molecule has 1 aliphatic rings. The maximum atomic E-state index is 13.1. The Labute approximate surface area is 168 Å². The molecule has 0 atom stereocenters. The topological polar surface area (TPSA) is 75.4 Å². The number of nitrogens with zero attached hydrogens (tertiary/aromatic N) is 5. The van der Waals surface area contributed by atoms with Gasteiger partial charge in [-0.25, -0.2) is 9.97 Å². The van der Waals surface area contributed by atoms with Crippen LogP contribution >= 0.6 is 11.3 Å². The summed E-state index contributed by atoms with van der Waals surface area (Å²) in [6.07, 6.45) is 9.36. The molecule has 1 saturated heterocycles. The summed E-state index contributed by atoms with van der Waals surface area (Å²) >= 11 is 1.45. The van der Waals surface area contributed by atoms with E-state index < -0.39 is 0 Å². The molecule has 1 aliphatic heterocycles. The number of rotatable bonds is 4. The van der Waals surface area contributed by atoms with Crippen LogP contribution in [0.15, 0.2) is 23.2 Å². The quantitative estimate of drug-likeness (QED) is 0.659. The van der Waals surface area contributed by atoms with Crippen molar-refractivity contribution in [3.8, 4) is 0 Å². The van der Waals surface area contributed by atoms with Gasteiger partial charge in [-0.15, -0.1) is 11.3 Å². The summed E-state index contributed by atoms with van der Waals surface area (Å²) < 4.78 is 4.87. The van der Waals surface area contributed by atoms with Crippen LogP contribution < -0.4 is 4.90 Å². The Morgan fingerprint density at radius 3 is 2.68 bits per heavy atom. The second-order valence-electron chi connectivity index (χ2n) is 7.34. The van der Waals surface area contributed by atoms with Gasteiger partial charge >= 0.3 is 0 Å². The van der Waals surface area contributed by atoms with Crippen molar-refractivity contribution < 1.29 is 9.32 Å². The second kappa shape index (κ2) is 8.26. The monoisotopic (exact) mass is 399 g/mol. The van der Waals surface area contributed by atoms with E-state index >= 15 is 0 Å². The van der Waals surface area contributed by atoms with Crippen molar-refractivity contribution in [2.75, 3.05) is 25.0 Å². The van der Waals surface area contributed by atoms with E-state index in [9.17, 15) is 4.79 Å². The fourth-order valence-electron chi connectivity index (χ4n) is 3.76. The summed E-state index contributed by atoms with van der Waals surface area (Å²) in [5, 5.41) is 4.91. The van der Waals surface area contributed by atoms with Gasteiger partial charge in [0, 0.05) is 26.2 Å². The lowest BCUT2D eigenvalue weighted by Crippen LogP contribution is -2.28. The van der Waals surface area contributed by atoms with Crippen LogP contribution in [0.3, 0.4) is 0 Å². The van der Waals surface area contributed by atoms with Crippen molar-refractivity contribution >= 4 is 33.3 Å². The molecule has 8 heteroatoms. The van der Waals surface area contributed by atoms with Gasteiger partial charge in [0.15, 0.2) is 0 Å². The van der Waals surface area contributed by atoms with E-state index in [1.807, 2.05) is 6.92 Å². The molecule has 4 heterocycles. The number of carbonyl (C=O) groups is 1. The van der Waals surface area contributed by atoms with Crippen LogP contribution in [-0.4, -0.2) is 46.1 Å². The van der Waals surface area contributed by atoms with Gasteiger partial charge in [0.25, 0.3) is 5.91 Å². The standard InChI is InChI=1S/C20H25N5O2S/c1-14-16-18(25-9-6-4-3-5-7-10-25)21-13-22-19(16)28-17(14)20(26)24(2)12-15-8-11-27-23-15/h8,11,13H,3-7,9-10,12H2,1-2H3. The zero-order valence-electron chi connectivity index (χ0n) is 16.3. The molecule has 3 aromatic rings. The van der Waals surface area contributed by atoms with E-state index in [4.69, 9.17) is 4.52 Å². The normalized spacial score (nSPS) is 15.4.